The number of anilines is 1. The zero-order chi connectivity index (χ0) is 26.8. The number of carbonyl (C=O) groups is 1. The van der Waals surface area contributed by atoms with Gasteiger partial charge in [-0.05, 0) is 43.3 Å². The average Bonchev–Trinajstić information content (AvgIpc) is 3.41. The Bertz CT molecular complexity index is 1740. The third-order valence-electron chi connectivity index (χ3n) is 6.32. The van der Waals surface area contributed by atoms with E-state index in [0.29, 0.717) is 49.9 Å². The second kappa shape index (κ2) is 8.56. The van der Waals surface area contributed by atoms with Crippen molar-refractivity contribution in [2.45, 2.75) is 13.1 Å². The lowest BCUT2D eigenvalue weighted by Gasteiger charge is -2.10. The summed E-state index contributed by atoms with van der Waals surface area (Å²) in [6, 6.07) is 15.7. The first kappa shape index (κ1) is 23.9. The van der Waals surface area contributed by atoms with Gasteiger partial charge in [0.05, 0.1) is 33.1 Å². The lowest BCUT2D eigenvalue weighted by atomic mass is 10.0. The van der Waals surface area contributed by atoms with Crippen molar-refractivity contribution in [3.63, 3.8) is 0 Å². The Kier molecular flexibility index (Phi) is 5.39. The average molecular weight is 533 g/mol. The van der Waals surface area contributed by atoms with Gasteiger partial charge in [0, 0.05) is 27.8 Å². The maximum atomic E-state index is 13.6. The van der Waals surface area contributed by atoms with Gasteiger partial charge in [-0.2, -0.15) is 13.2 Å². The number of halogens is 4. The minimum absolute atomic E-state index is 0.0370. The lowest BCUT2D eigenvalue weighted by Crippen LogP contribution is -2.05. The molecule has 1 aliphatic carbocycles. The normalized spacial score (nSPS) is 12.5. The van der Waals surface area contributed by atoms with E-state index in [4.69, 9.17) is 5.73 Å². The fraction of sp³-hybridized carbons (Fsp3) is 0.0714. The van der Waals surface area contributed by atoms with Crippen molar-refractivity contribution in [1.82, 2.24) is 15.0 Å². The Morgan fingerprint density at radius 1 is 0.789 bits per heavy atom. The number of nitrogens with zero attached hydrogens (tertiary/aromatic N) is 3. The number of hydrogen-bond donors (Lipinski definition) is 1. The van der Waals surface area contributed by atoms with Gasteiger partial charge in [0.15, 0.2) is 5.78 Å². The van der Waals surface area contributed by atoms with Crippen LogP contribution in [-0.4, -0.2) is 20.7 Å². The summed E-state index contributed by atoms with van der Waals surface area (Å²) in [4.78, 5) is 27.6. The van der Waals surface area contributed by atoms with Gasteiger partial charge in [0.25, 0.3) is 0 Å². The highest BCUT2D eigenvalue weighted by atomic mass is 32.1. The third-order valence-corrected chi connectivity index (χ3v) is 7.56. The van der Waals surface area contributed by atoms with Crippen molar-refractivity contribution < 1.29 is 22.4 Å². The van der Waals surface area contributed by atoms with Crippen LogP contribution in [-0.2, 0) is 6.18 Å². The van der Waals surface area contributed by atoms with Crippen molar-refractivity contribution in [2.24, 2.45) is 0 Å². The highest BCUT2D eigenvalue weighted by Gasteiger charge is 2.35. The Morgan fingerprint density at radius 2 is 1.42 bits per heavy atom. The number of fused-ring (bicyclic) bond motifs is 3. The maximum absolute atomic E-state index is 13.6. The van der Waals surface area contributed by atoms with Gasteiger partial charge in [0.2, 0.25) is 5.95 Å². The molecule has 0 saturated carbocycles. The molecular weight excluding hydrogens is 516 g/mol. The fourth-order valence-corrected chi connectivity index (χ4v) is 5.69. The second-order valence-electron chi connectivity index (χ2n) is 8.73. The van der Waals surface area contributed by atoms with Crippen molar-refractivity contribution in [1.29, 1.82) is 0 Å². The molecule has 0 atom stereocenters. The summed E-state index contributed by atoms with van der Waals surface area (Å²) in [5.41, 5.74) is 9.70. The maximum Gasteiger partial charge on any atom is 0.416 e. The highest BCUT2D eigenvalue weighted by Crippen LogP contribution is 2.47. The smallest absolute Gasteiger partial charge is 0.368 e. The van der Waals surface area contributed by atoms with E-state index in [-0.39, 0.29) is 17.3 Å². The van der Waals surface area contributed by atoms with E-state index in [0.717, 1.165) is 17.0 Å². The fourth-order valence-electron chi connectivity index (χ4n) is 4.58. The molecule has 0 bridgehead atoms. The summed E-state index contributed by atoms with van der Waals surface area (Å²) < 4.78 is 52.5. The summed E-state index contributed by atoms with van der Waals surface area (Å²) in [6.07, 6.45) is -4.43. The lowest BCUT2D eigenvalue weighted by molar-refractivity contribution is -0.137. The molecule has 0 radical (unpaired) electrons. The van der Waals surface area contributed by atoms with Crippen LogP contribution in [0.15, 0.2) is 66.7 Å². The standard InChI is InChI=1S/C28H16F4N4OS/c1-13-25(38-26(34-13)15-5-9-16(10-6-15)28(30,31)32)19-4-2-3-18-20(19)23-21(24(18)37)22(35-27(33)36-23)14-7-11-17(29)12-8-14/h2-12H,1H3,(H2,33,35,36). The van der Waals surface area contributed by atoms with Crippen LogP contribution in [0.2, 0.25) is 0 Å². The van der Waals surface area contributed by atoms with Crippen LogP contribution in [0, 0.1) is 12.7 Å². The first-order valence-electron chi connectivity index (χ1n) is 11.4. The van der Waals surface area contributed by atoms with Crippen molar-refractivity contribution in [3.8, 4) is 43.5 Å². The van der Waals surface area contributed by atoms with Crippen molar-refractivity contribution in [3.05, 3.63) is 94.9 Å². The van der Waals surface area contributed by atoms with Gasteiger partial charge in [0.1, 0.15) is 10.8 Å². The van der Waals surface area contributed by atoms with Crippen LogP contribution in [0.4, 0.5) is 23.5 Å². The molecule has 6 rings (SSSR count). The number of alkyl halides is 3. The van der Waals surface area contributed by atoms with Crippen LogP contribution in [0.25, 0.3) is 43.5 Å². The molecule has 0 amide bonds. The van der Waals surface area contributed by atoms with Crippen LogP contribution in [0.1, 0.15) is 27.2 Å². The number of rotatable bonds is 3. The topological polar surface area (TPSA) is 81.8 Å². The van der Waals surface area contributed by atoms with E-state index in [1.807, 2.05) is 6.07 Å². The number of nitrogen functional groups attached to an aromatic ring is 1. The highest BCUT2D eigenvalue weighted by molar-refractivity contribution is 7.18. The summed E-state index contributed by atoms with van der Waals surface area (Å²) in [5, 5.41) is 0.544. The van der Waals surface area contributed by atoms with Crippen LogP contribution in [0.5, 0.6) is 0 Å². The Labute approximate surface area is 217 Å². The predicted molar refractivity (Wildman–Crippen MR) is 137 cm³/mol. The quantitative estimate of drug-likeness (QED) is 0.244. The molecule has 38 heavy (non-hydrogen) atoms. The molecule has 0 aliphatic heterocycles. The molecule has 10 heteroatoms. The molecule has 0 saturated heterocycles. The van der Waals surface area contributed by atoms with Crippen molar-refractivity contribution >= 4 is 23.1 Å². The van der Waals surface area contributed by atoms with E-state index in [1.54, 1.807) is 19.1 Å². The van der Waals surface area contributed by atoms with Gasteiger partial charge in [-0.3, -0.25) is 4.79 Å². The first-order valence-corrected chi connectivity index (χ1v) is 12.2. The third kappa shape index (κ3) is 3.84. The zero-order valence-electron chi connectivity index (χ0n) is 19.6. The molecule has 188 valence electrons. The predicted octanol–water partition coefficient (Wildman–Crippen LogP) is 7.19. The van der Waals surface area contributed by atoms with Gasteiger partial charge >= 0.3 is 6.18 Å². The minimum Gasteiger partial charge on any atom is -0.368 e. The molecule has 0 fully saturated rings. The molecule has 5 aromatic rings. The van der Waals surface area contributed by atoms with E-state index in [1.165, 1.54) is 47.7 Å². The van der Waals surface area contributed by atoms with Gasteiger partial charge in [-0.1, -0.05) is 30.3 Å². The minimum atomic E-state index is -4.43. The first-order chi connectivity index (χ1) is 18.1. The summed E-state index contributed by atoms with van der Waals surface area (Å²) in [6.45, 7) is 1.80. The number of carbonyl (C=O) groups excluding carboxylic acids is 1. The number of hydrogen-bond acceptors (Lipinski definition) is 6. The van der Waals surface area contributed by atoms with E-state index < -0.39 is 17.6 Å². The second-order valence-corrected chi connectivity index (χ2v) is 9.73. The van der Waals surface area contributed by atoms with Crippen molar-refractivity contribution in [2.75, 3.05) is 5.73 Å². The molecular formula is C28H16F4N4OS. The largest absolute Gasteiger partial charge is 0.416 e. The van der Waals surface area contributed by atoms with E-state index in [2.05, 4.69) is 15.0 Å². The molecule has 2 N–H and O–H groups in total. The van der Waals surface area contributed by atoms with E-state index in [9.17, 15) is 22.4 Å². The number of ketones is 1. The molecule has 2 aromatic heterocycles. The number of aromatic nitrogens is 3. The summed E-state index contributed by atoms with van der Waals surface area (Å²) in [7, 11) is 0. The molecule has 0 spiro atoms. The number of thiazole rings is 1. The number of benzene rings is 3. The molecule has 2 heterocycles. The number of aryl methyl sites for hydroxylation is 1. The van der Waals surface area contributed by atoms with Gasteiger partial charge < -0.3 is 5.73 Å². The van der Waals surface area contributed by atoms with E-state index >= 15 is 0 Å². The summed E-state index contributed by atoms with van der Waals surface area (Å²) >= 11 is 1.31. The molecule has 3 aromatic carbocycles. The monoisotopic (exact) mass is 532 g/mol. The molecule has 1 aliphatic rings. The van der Waals surface area contributed by atoms with Gasteiger partial charge in [-0.15, -0.1) is 11.3 Å². The van der Waals surface area contributed by atoms with Crippen LogP contribution >= 0.6 is 11.3 Å². The van der Waals surface area contributed by atoms with Gasteiger partial charge in [-0.25, -0.2) is 19.3 Å². The Balaban J connectivity index is 1.50. The number of nitrogens with two attached hydrogens (primary N) is 1. The zero-order valence-corrected chi connectivity index (χ0v) is 20.4. The molecule has 5 nitrogen and oxygen atoms in total. The summed E-state index contributed by atoms with van der Waals surface area (Å²) in [5.74, 6) is -0.736. The van der Waals surface area contributed by atoms with Crippen LogP contribution < -0.4 is 5.73 Å². The SMILES string of the molecule is Cc1nc(-c2ccc(C(F)(F)F)cc2)sc1-c1cccc2c1-c1nc(N)nc(-c3ccc(F)cc3)c1C2=O. The Morgan fingerprint density at radius 3 is 2.11 bits per heavy atom. The Hall–Kier alpha value is -4.44. The van der Waals surface area contributed by atoms with Crippen LogP contribution in [0.3, 0.4) is 0 Å². The molecule has 0 unspecified atom stereocenters.